The van der Waals surface area contributed by atoms with Crippen LogP contribution in [0.1, 0.15) is 10.5 Å². The molecule has 31 heavy (non-hydrogen) atoms. The standard InChI is InChI=1S/C20H17ClF2N4O3S/c21-17-11-16(5-6-18(17)23)31(29,30)26-9-7-25(8-10-26)20(28)19-12-24-13-27(19)15-3-1-14(22)2-4-15/h1-6,11-13H,7-10H2. The first-order chi connectivity index (χ1) is 14.8. The van der Waals surface area contributed by atoms with Crippen LogP contribution in [0.2, 0.25) is 5.02 Å². The van der Waals surface area contributed by atoms with Crippen LogP contribution in [0.25, 0.3) is 5.69 Å². The third-order valence-electron chi connectivity index (χ3n) is 5.02. The number of nitrogens with zero attached hydrogens (tertiary/aromatic N) is 4. The second-order valence-corrected chi connectivity index (χ2v) is 9.24. The zero-order valence-electron chi connectivity index (χ0n) is 16.1. The fourth-order valence-corrected chi connectivity index (χ4v) is 5.03. The molecule has 11 heteroatoms. The predicted molar refractivity (Wildman–Crippen MR) is 110 cm³/mol. The lowest BCUT2D eigenvalue weighted by Gasteiger charge is -2.34. The van der Waals surface area contributed by atoms with E-state index in [2.05, 4.69) is 4.98 Å². The SMILES string of the molecule is O=C(c1cncn1-c1ccc(F)cc1)N1CCN(S(=O)(=O)c2ccc(F)c(Cl)c2)CC1. The number of amides is 1. The van der Waals surface area contributed by atoms with Crippen LogP contribution in [-0.2, 0) is 10.0 Å². The van der Waals surface area contributed by atoms with Gasteiger partial charge in [0.2, 0.25) is 10.0 Å². The van der Waals surface area contributed by atoms with Crippen molar-refractivity contribution in [1.29, 1.82) is 0 Å². The van der Waals surface area contributed by atoms with E-state index in [0.717, 1.165) is 18.2 Å². The van der Waals surface area contributed by atoms with Crippen LogP contribution in [0.3, 0.4) is 0 Å². The molecule has 4 rings (SSSR count). The Kier molecular flexibility index (Phi) is 5.78. The van der Waals surface area contributed by atoms with Gasteiger partial charge in [-0.25, -0.2) is 22.2 Å². The molecule has 1 amide bonds. The molecule has 0 radical (unpaired) electrons. The molecule has 1 saturated heterocycles. The van der Waals surface area contributed by atoms with Gasteiger partial charge in [-0.2, -0.15) is 4.31 Å². The molecule has 1 fully saturated rings. The molecule has 1 aliphatic heterocycles. The third-order valence-corrected chi connectivity index (χ3v) is 7.20. The Hall–Kier alpha value is -2.82. The Labute approximate surface area is 182 Å². The fraction of sp³-hybridized carbons (Fsp3) is 0.200. The summed E-state index contributed by atoms with van der Waals surface area (Å²) in [5, 5.41) is -0.274. The second-order valence-electron chi connectivity index (χ2n) is 6.90. The minimum atomic E-state index is -3.87. The number of aromatic nitrogens is 2. The van der Waals surface area contributed by atoms with Gasteiger partial charge < -0.3 is 4.90 Å². The molecular weight excluding hydrogens is 450 g/mol. The Morgan fingerprint density at radius 1 is 1.00 bits per heavy atom. The molecule has 3 aromatic rings. The van der Waals surface area contributed by atoms with Crippen LogP contribution in [0.5, 0.6) is 0 Å². The summed E-state index contributed by atoms with van der Waals surface area (Å²) < 4.78 is 55.0. The number of carbonyl (C=O) groups excluding carboxylic acids is 1. The largest absolute Gasteiger partial charge is 0.335 e. The van der Waals surface area contributed by atoms with Gasteiger partial charge in [-0.1, -0.05) is 11.6 Å². The van der Waals surface area contributed by atoms with E-state index in [9.17, 15) is 22.0 Å². The van der Waals surface area contributed by atoms with Crippen molar-refractivity contribution in [1.82, 2.24) is 18.8 Å². The zero-order chi connectivity index (χ0) is 22.2. The van der Waals surface area contributed by atoms with E-state index in [1.165, 1.54) is 46.0 Å². The van der Waals surface area contributed by atoms with Gasteiger partial charge in [-0.3, -0.25) is 9.36 Å². The van der Waals surface area contributed by atoms with Crippen molar-refractivity contribution in [3.05, 3.63) is 77.3 Å². The molecule has 2 heterocycles. The molecule has 0 aliphatic carbocycles. The summed E-state index contributed by atoms with van der Waals surface area (Å²) >= 11 is 5.71. The molecule has 0 unspecified atom stereocenters. The monoisotopic (exact) mass is 466 g/mol. The number of piperazine rings is 1. The van der Waals surface area contributed by atoms with Crippen molar-refractivity contribution < 1.29 is 22.0 Å². The first-order valence-corrected chi connectivity index (χ1v) is 11.1. The van der Waals surface area contributed by atoms with E-state index in [0.29, 0.717) is 5.69 Å². The molecule has 1 aliphatic rings. The maximum Gasteiger partial charge on any atom is 0.272 e. The van der Waals surface area contributed by atoms with Crippen LogP contribution in [0.4, 0.5) is 8.78 Å². The van der Waals surface area contributed by atoms with Gasteiger partial charge in [0.05, 0.1) is 22.4 Å². The topological polar surface area (TPSA) is 75.5 Å². The van der Waals surface area contributed by atoms with Crippen molar-refractivity contribution in [2.45, 2.75) is 4.90 Å². The lowest BCUT2D eigenvalue weighted by atomic mass is 10.2. The molecule has 2 aromatic carbocycles. The van der Waals surface area contributed by atoms with Crippen LogP contribution in [0, 0.1) is 11.6 Å². The number of imidazole rings is 1. The minimum Gasteiger partial charge on any atom is -0.335 e. The Morgan fingerprint density at radius 2 is 1.68 bits per heavy atom. The first-order valence-electron chi connectivity index (χ1n) is 9.30. The average molecular weight is 467 g/mol. The molecule has 162 valence electrons. The summed E-state index contributed by atoms with van der Waals surface area (Å²) in [4.78, 5) is 18.4. The zero-order valence-corrected chi connectivity index (χ0v) is 17.7. The van der Waals surface area contributed by atoms with Gasteiger partial charge in [0.25, 0.3) is 5.91 Å². The second kappa shape index (κ2) is 8.37. The van der Waals surface area contributed by atoms with Gasteiger partial charge in [0.1, 0.15) is 17.3 Å². The van der Waals surface area contributed by atoms with Crippen LogP contribution in [0.15, 0.2) is 59.9 Å². The summed E-state index contributed by atoms with van der Waals surface area (Å²) in [5.41, 5.74) is 0.866. The van der Waals surface area contributed by atoms with Gasteiger partial charge in [0, 0.05) is 31.9 Å². The number of sulfonamides is 1. The number of halogens is 3. The predicted octanol–water partition coefficient (Wildman–Crippen LogP) is 2.95. The van der Waals surface area contributed by atoms with Gasteiger partial charge in [0.15, 0.2) is 0 Å². The molecule has 0 spiro atoms. The van der Waals surface area contributed by atoms with E-state index in [1.54, 1.807) is 4.57 Å². The third kappa shape index (κ3) is 4.18. The van der Waals surface area contributed by atoms with Crippen molar-refractivity contribution in [3.63, 3.8) is 0 Å². The fourth-order valence-electron chi connectivity index (χ4n) is 3.34. The summed E-state index contributed by atoms with van der Waals surface area (Å²) in [5.74, 6) is -1.41. The normalized spacial score (nSPS) is 15.3. The lowest BCUT2D eigenvalue weighted by Crippen LogP contribution is -2.50. The summed E-state index contributed by atoms with van der Waals surface area (Å²) in [6.07, 6.45) is 2.87. The van der Waals surface area contributed by atoms with E-state index in [4.69, 9.17) is 11.6 Å². The summed E-state index contributed by atoms with van der Waals surface area (Å²) in [6.45, 7) is 0.491. The number of rotatable bonds is 4. The summed E-state index contributed by atoms with van der Waals surface area (Å²) in [7, 11) is -3.87. The highest BCUT2D eigenvalue weighted by atomic mass is 35.5. The van der Waals surface area contributed by atoms with Gasteiger partial charge in [-0.15, -0.1) is 0 Å². The highest BCUT2D eigenvalue weighted by Gasteiger charge is 2.31. The Bertz CT molecular complexity index is 1220. The van der Waals surface area contributed by atoms with Crippen molar-refractivity contribution in [3.8, 4) is 5.69 Å². The van der Waals surface area contributed by atoms with Crippen LogP contribution >= 0.6 is 11.6 Å². The van der Waals surface area contributed by atoms with E-state index in [-0.39, 0.29) is 47.7 Å². The van der Waals surface area contributed by atoms with Crippen molar-refractivity contribution in [2.24, 2.45) is 0 Å². The maximum absolute atomic E-state index is 13.4. The van der Waals surface area contributed by atoms with Crippen molar-refractivity contribution in [2.75, 3.05) is 26.2 Å². The Morgan fingerprint density at radius 3 is 2.32 bits per heavy atom. The van der Waals surface area contributed by atoms with Crippen LogP contribution in [-0.4, -0.2) is 59.3 Å². The number of carbonyl (C=O) groups is 1. The Balaban J connectivity index is 1.48. The maximum atomic E-state index is 13.4. The lowest BCUT2D eigenvalue weighted by molar-refractivity contribution is 0.0690. The number of hydrogen-bond donors (Lipinski definition) is 0. The molecule has 1 aromatic heterocycles. The molecule has 0 saturated carbocycles. The first kappa shape index (κ1) is 21.4. The molecule has 0 atom stereocenters. The molecular formula is C20H17ClF2N4O3S. The van der Waals surface area contributed by atoms with E-state index >= 15 is 0 Å². The van der Waals surface area contributed by atoms with E-state index in [1.807, 2.05) is 0 Å². The van der Waals surface area contributed by atoms with Gasteiger partial charge in [-0.05, 0) is 42.5 Å². The average Bonchev–Trinajstić information content (AvgIpc) is 3.25. The van der Waals surface area contributed by atoms with Gasteiger partial charge >= 0.3 is 0 Å². The molecule has 7 nitrogen and oxygen atoms in total. The number of benzene rings is 2. The smallest absolute Gasteiger partial charge is 0.272 e. The highest BCUT2D eigenvalue weighted by Crippen LogP contribution is 2.24. The van der Waals surface area contributed by atoms with Crippen molar-refractivity contribution >= 4 is 27.5 Å². The quantitative estimate of drug-likeness (QED) is 0.592. The minimum absolute atomic E-state index is 0.0771. The van der Waals surface area contributed by atoms with E-state index < -0.39 is 21.7 Å². The highest BCUT2D eigenvalue weighted by molar-refractivity contribution is 7.89. The summed E-state index contributed by atoms with van der Waals surface area (Å²) in [6, 6.07) is 8.88. The van der Waals surface area contributed by atoms with Crippen LogP contribution < -0.4 is 0 Å². The molecule has 0 bridgehead atoms. The number of hydrogen-bond acceptors (Lipinski definition) is 4. The molecule has 0 N–H and O–H groups in total.